The Morgan fingerprint density at radius 2 is 1.61 bits per heavy atom. The maximum atomic E-state index is 5.21. The molecule has 18 heavy (non-hydrogen) atoms. The molecule has 1 rings (SSSR count). The van der Waals surface area contributed by atoms with E-state index in [1.165, 1.54) is 56.1 Å². The highest BCUT2D eigenvalue weighted by Gasteiger charge is 2.04. The van der Waals surface area contributed by atoms with Crippen LogP contribution in [0, 0.1) is 7.11 Å². The van der Waals surface area contributed by atoms with E-state index in [1.807, 2.05) is 0 Å². The Hall–Kier alpha value is -0.980. The fraction of sp³-hybridized carbons (Fsp3) is 0.588. The van der Waals surface area contributed by atoms with Crippen molar-refractivity contribution in [2.45, 2.75) is 65.2 Å². The van der Waals surface area contributed by atoms with Crippen molar-refractivity contribution in [1.29, 1.82) is 0 Å². The zero-order valence-electron chi connectivity index (χ0n) is 12.0. The summed E-state index contributed by atoms with van der Waals surface area (Å²) in [6.07, 6.45) is 9.97. The van der Waals surface area contributed by atoms with Gasteiger partial charge in [0.15, 0.2) is 0 Å². The topological polar surface area (TPSA) is 9.23 Å². The predicted molar refractivity (Wildman–Crippen MR) is 78.9 cm³/mol. The highest BCUT2D eigenvalue weighted by Crippen LogP contribution is 2.23. The Morgan fingerprint density at radius 3 is 2.22 bits per heavy atom. The van der Waals surface area contributed by atoms with Crippen molar-refractivity contribution in [2.24, 2.45) is 0 Å². The standard InChI is InChI=1S/C17H27O/c1-4-6-8-10-15-12-13-17(18-3)16(14-15)11-9-7-5-2/h12-14H,3-11H2,1-2H3. The Kier molecular flexibility index (Phi) is 7.55. The molecule has 0 saturated heterocycles. The van der Waals surface area contributed by atoms with Crippen LogP contribution in [-0.4, -0.2) is 0 Å². The van der Waals surface area contributed by atoms with Crippen LogP contribution in [0.2, 0.25) is 0 Å². The molecule has 0 saturated carbocycles. The van der Waals surface area contributed by atoms with Crippen LogP contribution >= 0.6 is 0 Å². The molecule has 1 radical (unpaired) electrons. The van der Waals surface area contributed by atoms with Crippen LogP contribution in [0.15, 0.2) is 18.2 Å². The van der Waals surface area contributed by atoms with Gasteiger partial charge in [-0.05, 0) is 42.9 Å². The SMILES string of the molecule is [CH2]Oc1ccc(CCCCC)cc1CCCCC. The minimum atomic E-state index is 0.949. The third-order valence-corrected chi connectivity index (χ3v) is 3.40. The van der Waals surface area contributed by atoms with Crippen molar-refractivity contribution in [2.75, 3.05) is 0 Å². The molecule has 101 valence electrons. The number of benzene rings is 1. The van der Waals surface area contributed by atoms with E-state index in [-0.39, 0.29) is 0 Å². The summed E-state index contributed by atoms with van der Waals surface area (Å²) in [5, 5.41) is 0. The van der Waals surface area contributed by atoms with Gasteiger partial charge in [0.2, 0.25) is 0 Å². The molecule has 0 N–H and O–H groups in total. The Balaban J connectivity index is 2.62. The van der Waals surface area contributed by atoms with Crippen LogP contribution in [0.5, 0.6) is 5.75 Å². The predicted octanol–water partition coefficient (Wildman–Crippen LogP) is 5.32. The number of unbranched alkanes of at least 4 members (excludes halogenated alkanes) is 4. The van der Waals surface area contributed by atoms with E-state index in [0.717, 1.165) is 12.2 Å². The molecule has 0 bridgehead atoms. The van der Waals surface area contributed by atoms with E-state index in [4.69, 9.17) is 4.74 Å². The van der Waals surface area contributed by atoms with Crippen molar-refractivity contribution in [3.05, 3.63) is 36.4 Å². The fourth-order valence-electron chi connectivity index (χ4n) is 2.27. The largest absolute Gasteiger partial charge is 0.490 e. The lowest BCUT2D eigenvalue weighted by Crippen LogP contribution is -1.94. The van der Waals surface area contributed by atoms with Crippen molar-refractivity contribution >= 4 is 0 Å². The average Bonchev–Trinajstić information content (AvgIpc) is 2.40. The Bertz CT molecular complexity index is 330. The second kappa shape index (κ2) is 9.02. The first-order valence-corrected chi connectivity index (χ1v) is 7.35. The van der Waals surface area contributed by atoms with Crippen molar-refractivity contribution in [1.82, 2.24) is 0 Å². The van der Waals surface area contributed by atoms with Gasteiger partial charge < -0.3 is 4.74 Å². The molecule has 1 aromatic rings. The third kappa shape index (κ3) is 5.12. The molecule has 0 spiro atoms. The maximum absolute atomic E-state index is 5.21. The molecule has 0 unspecified atom stereocenters. The summed E-state index contributed by atoms with van der Waals surface area (Å²) in [7, 11) is 3.55. The van der Waals surface area contributed by atoms with Crippen molar-refractivity contribution in [3.8, 4) is 5.75 Å². The van der Waals surface area contributed by atoms with Crippen LogP contribution in [0.4, 0.5) is 0 Å². The zero-order valence-corrected chi connectivity index (χ0v) is 12.0. The van der Waals surface area contributed by atoms with E-state index in [9.17, 15) is 0 Å². The van der Waals surface area contributed by atoms with Gasteiger partial charge in [0.1, 0.15) is 12.9 Å². The van der Waals surface area contributed by atoms with E-state index >= 15 is 0 Å². The van der Waals surface area contributed by atoms with E-state index in [0.29, 0.717) is 0 Å². The molecule has 0 atom stereocenters. The molecule has 0 heterocycles. The molecule has 1 aromatic carbocycles. The monoisotopic (exact) mass is 247 g/mol. The molecule has 0 aromatic heterocycles. The maximum Gasteiger partial charge on any atom is 0.122 e. The first-order valence-electron chi connectivity index (χ1n) is 7.35. The lowest BCUT2D eigenvalue weighted by Gasteiger charge is -2.10. The molecule has 1 nitrogen and oxygen atoms in total. The summed E-state index contributed by atoms with van der Waals surface area (Å²) in [4.78, 5) is 0. The van der Waals surface area contributed by atoms with Crippen molar-refractivity contribution < 1.29 is 4.74 Å². The van der Waals surface area contributed by atoms with E-state index in [2.05, 4.69) is 39.2 Å². The highest BCUT2D eigenvalue weighted by molar-refractivity contribution is 5.37. The quantitative estimate of drug-likeness (QED) is 0.536. The Labute approximate surface area is 113 Å². The fourth-order valence-corrected chi connectivity index (χ4v) is 2.27. The summed E-state index contributed by atoms with van der Waals surface area (Å²) >= 11 is 0. The first-order chi connectivity index (χ1) is 8.81. The number of aryl methyl sites for hydroxylation is 2. The van der Waals surface area contributed by atoms with E-state index < -0.39 is 0 Å². The van der Waals surface area contributed by atoms with Gasteiger partial charge in [0.25, 0.3) is 0 Å². The zero-order chi connectivity index (χ0) is 13.2. The lowest BCUT2D eigenvalue weighted by molar-refractivity contribution is 0.465. The van der Waals surface area contributed by atoms with Gasteiger partial charge in [-0.1, -0.05) is 51.7 Å². The average molecular weight is 247 g/mol. The Morgan fingerprint density at radius 1 is 0.944 bits per heavy atom. The highest BCUT2D eigenvalue weighted by atomic mass is 16.5. The molecule has 1 heteroatoms. The molecule has 0 aliphatic carbocycles. The number of ether oxygens (including phenoxy) is 1. The summed E-state index contributed by atoms with van der Waals surface area (Å²) in [6, 6.07) is 6.57. The van der Waals surface area contributed by atoms with Gasteiger partial charge in [-0.15, -0.1) is 0 Å². The lowest BCUT2D eigenvalue weighted by atomic mass is 10.0. The summed E-state index contributed by atoms with van der Waals surface area (Å²) in [5.41, 5.74) is 2.77. The number of hydrogen-bond acceptors (Lipinski definition) is 1. The first kappa shape index (κ1) is 15.1. The minimum Gasteiger partial charge on any atom is -0.490 e. The van der Waals surface area contributed by atoms with Crippen LogP contribution in [0.25, 0.3) is 0 Å². The molecule has 0 aliphatic rings. The van der Waals surface area contributed by atoms with Crippen molar-refractivity contribution in [3.63, 3.8) is 0 Å². The van der Waals surface area contributed by atoms with Crippen LogP contribution in [0.1, 0.15) is 63.5 Å². The molecule has 0 aliphatic heterocycles. The van der Waals surface area contributed by atoms with E-state index in [1.54, 1.807) is 0 Å². The van der Waals surface area contributed by atoms with Gasteiger partial charge in [0.05, 0.1) is 0 Å². The summed E-state index contributed by atoms with van der Waals surface area (Å²) < 4.78 is 5.21. The van der Waals surface area contributed by atoms with Gasteiger partial charge in [0, 0.05) is 0 Å². The normalized spacial score (nSPS) is 10.6. The molecular formula is C17H27O. The summed E-state index contributed by atoms with van der Waals surface area (Å²) in [5.74, 6) is 0.949. The molecular weight excluding hydrogens is 220 g/mol. The molecule has 0 fully saturated rings. The van der Waals surface area contributed by atoms with Crippen LogP contribution < -0.4 is 4.74 Å². The number of hydrogen-bond donors (Lipinski definition) is 0. The van der Waals surface area contributed by atoms with Gasteiger partial charge in [-0.3, -0.25) is 0 Å². The molecule has 0 amide bonds. The second-order valence-corrected chi connectivity index (χ2v) is 5.00. The van der Waals surface area contributed by atoms with Gasteiger partial charge >= 0.3 is 0 Å². The smallest absolute Gasteiger partial charge is 0.122 e. The van der Waals surface area contributed by atoms with Gasteiger partial charge in [-0.25, -0.2) is 0 Å². The van der Waals surface area contributed by atoms with Crippen LogP contribution in [0.3, 0.4) is 0 Å². The second-order valence-electron chi connectivity index (χ2n) is 5.00. The minimum absolute atomic E-state index is 0.949. The third-order valence-electron chi connectivity index (χ3n) is 3.40. The number of rotatable bonds is 9. The van der Waals surface area contributed by atoms with Crippen LogP contribution in [-0.2, 0) is 12.8 Å². The summed E-state index contributed by atoms with van der Waals surface area (Å²) in [6.45, 7) is 4.48. The van der Waals surface area contributed by atoms with Gasteiger partial charge in [-0.2, -0.15) is 0 Å².